The summed E-state index contributed by atoms with van der Waals surface area (Å²) in [5, 5.41) is 0. The fraction of sp³-hybridized carbons (Fsp3) is 0.200. The SMILES string of the molecule is COc1cc(/C=C/c2ccncc2)ccc1OC(=O)c1ccc(S(=O)(=O)N2CCCC2)cc1. The van der Waals surface area contributed by atoms with Crippen LogP contribution >= 0.6 is 0 Å². The van der Waals surface area contributed by atoms with E-state index in [2.05, 4.69) is 4.98 Å². The number of pyridine rings is 1. The molecule has 0 amide bonds. The molecule has 2 heterocycles. The summed E-state index contributed by atoms with van der Waals surface area (Å²) in [5.41, 5.74) is 2.13. The molecule has 1 aromatic heterocycles. The van der Waals surface area contributed by atoms with Gasteiger partial charge in [-0.15, -0.1) is 0 Å². The van der Waals surface area contributed by atoms with Gasteiger partial charge in [0.25, 0.3) is 0 Å². The predicted molar refractivity (Wildman–Crippen MR) is 126 cm³/mol. The first-order valence-corrected chi connectivity index (χ1v) is 12.0. The minimum Gasteiger partial charge on any atom is -0.493 e. The topological polar surface area (TPSA) is 85.8 Å². The van der Waals surface area contributed by atoms with Crippen molar-refractivity contribution in [3.63, 3.8) is 0 Å². The summed E-state index contributed by atoms with van der Waals surface area (Å²) in [6, 6.07) is 14.8. The molecule has 33 heavy (non-hydrogen) atoms. The number of hydrogen-bond acceptors (Lipinski definition) is 6. The van der Waals surface area contributed by atoms with Crippen LogP contribution in [0, 0.1) is 0 Å². The maximum atomic E-state index is 12.7. The molecular formula is C25H24N2O5S. The highest BCUT2D eigenvalue weighted by molar-refractivity contribution is 7.89. The molecule has 0 atom stereocenters. The van der Waals surface area contributed by atoms with Gasteiger partial charge in [-0.1, -0.05) is 18.2 Å². The summed E-state index contributed by atoms with van der Waals surface area (Å²) in [7, 11) is -2.03. The van der Waals surface area contributed by atoms with Crippen LogP contribution in [0.3, 0.4) is 0 Å². The third-order valence-electron chi connectivity index (χ3n) is 5.36. The number of ether oxygens (including phenoxy) is 2. The highest BCUT2D eigenvalue weighted by atomic mass is 32.2. The molecule has 0 saturated carbocycles. The first-order chi connectivity index (χ1) is 16.0. The molecule has 4 rings (SSSR count). The highest BCUT2D eigenvalue weighted by Gasteiger charge is 2.27. The molecule has 2 aromatic carbocycles. The Morgan fingerprint density at radius 3 is 2.24 bits per heavy atom. The Labute approximate surface area is 193 Å². The summed E-state index contributed by atoms with van der Waals surface area (Å²) < 4.78 is 37.7. The Hall–Kier alpha value is -3.49. The lowest BCUT2D eigenvalue weighted by molar-refractivity contribution is 0.0729. The summed E-state index contributed by atoms with van der Waals surface area (Å²) >= 11 is 0. The van der Waals surface area contributed by atoms with Gasteiger partial charge in [0.1, 0.15) is 0 Å². The first kappa shape index (κ1) is 22.7. The van der Waals surface area contributed by atoms with Crippen molar-refractivity contribution in [3.8, 4) is 11.5 Å². The van der Waals surface area contributed by atoms with Crippen LogP contribution in [0.2, 0.25) is 0 Å². The Kier molecular flexibility index (Phi) is 6.86. The Morgan fingerprint density at radius 2 is 1.58 bits per heavy atom. The number of hydrogen-bond donors (Lipinski definition) is 0. The third-order valence-corrected chi connectivity index (χ3v) is 7.27. The average Bonchev–Trinajstić information content (AvgIpc) is 3.40. The van der Waals surface area contributed by atoms with Gasteiger partial charge in [-0.05, 0) is 72.5 Å². The van der Waals surface area contributed by atoms with Crippen molar-refractivity contribution < 1.29 is 22.7 Å². The van der Waals surface area contributed by atoms with Gasteiger partial charge in [0.15, 0.2) is 11.5 Å². The molecular weight excluding hydrogens is 440 g/mol. The van der Waals surface area contributed by atoms with Crippen LogP contribution in [0.4, 0.5) is 0 Å². The molecule has 170 valence electrons. The molecule has 1 aliphatic heterocycles. The monoisotopic (exact) mass is 464 g/mol. The lowest BCUT2D eigenvalue weighted by Crippen LogP contribution is -2.27. The molecule has 1 aliphatic rings. The molecule has 8 heteroatoms. The van der Waals surface area contributed by atoms with Crippen molar-refractivity contribution in [2.45, 2.75) is 17.7 Å². The zero-order chi connectivity index (χ0) is 23.3. The maximum absolute atomic E-state index is 12.7. The van der Waals surface area contributed by atoms with E-state index in [-0.39, 0.29) is 16.2 Å². The van der Waals surface area contributed by atoms with E-state index < -0.39 is 16.0 Å². The summed E-state index contributed by atoms with van der Waals surface area (Å²) in [6.45, 7) is 1.05. The van der Waals surface area contributed by atoms with E-state index in [4.69, 9.17) is 9.47 Å². The van der Waals surface area contributed by atoms with Crippen LogP contribution in [0.5, 0.6) is 11.5 Å². The van der Waals surface area contributed by atoms with Gasteiger partial charge in [-0.3, -0.25) is 4.98 Å². The fourth-order valence-corrected chi connectivity index (χ4v) is 5.06. The van der Waals surface area contributed by atoms with Crippen molar-refractivity contribution in [3.05, 3.63) is 83.7 Å². The zero-order valence-corrected chi connectivity index (χ0v) is 19.0. The minimum atomic E-state index is -3.53. The van der Waals surface area contributed by atoms with Gasteiger partial charge >= 0.3 is 5.97 Å². The van der Waals surface area contributed by atoms with Gasteiger partial charge in [0, 0.05) is 25.5 Å². The maximum Gasteiger partial charge on any atom is 0.343 e. The quantitative estimate of drug-likeness (QED) is 0.384. The number of carbonyl (C=O) groups is 1. The van der Waals surface area contributed by atoms with Gasteiger partial charge in [0.05, 0.1) is 17.6 Å². The third kappa shape index (κ3) is 5.30. The predicted octanol–water partition coefficient (Wildman–Crippen LogP) is 4.26. The second kappa shape index (κ2) is 9.97. The Bertz CT molecular complexity index is 1250. The lowest BCUT2D eigenvalue weighted by atomic mass is 10.1. The van der Waals surface area contributed by atoms with E-state index in [9.17, 15) is 13.2 Å². The van der Waals surface area contributed by atoms with Crippen molar-refractivity contribution in [2.24, 2.45) is 0 Å². The molecule has 0 spiro atoms. The summed E-state index contributed by atoms with van der Waals surface area (Å²) in [6.07, 6.45) is 9.03. The van der Waals surface area contributed by atoms with Crippen LogP contribution in [0.1, 0.15) is 34.3 Å². The summed E-state index contributed by atoms with van der Waals surface area (Å²) in [4.78, 5) is 16.8. The molecule has 0 radical (unpaired) electrons. The van der Waals surface area contributed by atoms with Gasteiger partial charge in [0.2, 0.25) is 10.0 Å². The number of sulfonamides is 1. The molecule has 0 bridgehead atoms. The lowest BCUT2D eigenvalue weighted by Gasteiger charge is -2.15. The van der Waals surface area contributed by atoms with Crippen LogP contribution in [-0.4, -0.2) is 43.9 Å². The van der Waals surface area contributed by atoms with E-state index >= 15 is 0 Å². The molecule has 1 saturated heterocycles. The number of carbonyl (C=O) groups excluding carboxylic acids is 1. The Balaban J connectivity index is 1.47. The standard InChI is InChI=1S/C25H24N2O5S/c1-31-24-18-20(5-4-19-12-14-26-15-13-19)6-11-23(24)32-25(28)21-7-9-22(10-8-21)33(29,30)27-16-2-3-17-27/h4-15,18H,2-3,16-17H2,1H3/b5-4+. The van der Waals surface area contributed by atoms with Crippen molar-refractivity contribution in [1.29, 1.82) is 0 Å². The van der Waals surface area contributed by atoms with E-state index in [1.807, 2.05) is 30.4 Å². The first-order valence-electron chi connectivity index (χ1n) is 10.6. The van der Waals surface area contributed by atoms with E-state index in [1.54, 1.807) is 24.5 Å². The highest BCUT2D eigenvalue weighted by Crippen LogP contribution is 2.30. The number of benzene rings is 2. The van der Waals surface area contributed by atoms with E-state index in [0.717, 1.165) is 24.0 Å². The molecule has 1 fully saturated rings. The van der Waals surface area contributed by atoms with Crippen LogP contribution < -0.4 is 9.47 Å². The van der Waals surface area contributed by atoms with Crippen LogP contribution in [-0.2, 0) is 10.0 Å². The van der Waals surface area contributed by atoms with E-state index in [0.29, 0.717) is 18.8 Å². The fourth-order valence-electron chi connectivity index (χ4n) is 3.54. The molecule has 0 aliphatic carbocycles. The smallest absolute Gasteiger partial charge is 0.343 e. The van der Waals surface area contributed by atoms with Gasteiger partial charge in [-0.2, -0.15) is 4.31 Å². The normalized spacial score (nSPS) is 14.5. The molecule has 7 nitrogen and oxygen atoms in total. The minimum absolute atomic E-state index is 0.170. The summed E-state index contributed by atoms with van der Waals surface area (Å²) in [5.74, 6) is 0.0873. The van der Waals surface area contributed by atoms with Gasteiger partial charge < -0.3 is 9.47 Å². The van der Waals surface area contributed by atoms with Crippen LogP contribution in [0.25, 0.3) is 12.2 Å². The van der Waals surface area contributed by atoms with Crippen molar-refractivity contribution >= 4 is 28.1 Å². The van der Waals surface area contributed by atoms with Crippen LogP contribution in [0.15, 0.2) is 71.9 Å². The van der Waals surface area contributed by atoms with Gasteiger partial charge in [-0.25, -0.2) is 13.2 Å². The van der Waals surface area contributed by atoms with E-state index in [1.165, 1.54) is 35.7 Å². The average molecular weight is 465 g/mol. The molecule has 0 N–H and O–H groups in total. The number of rotatable bonds is 7. The second-order valence-corrected chi connectivity index (χ2v) is 9.49. The second-order valence-electron chi connectivity index (χ2n) is 7.55. The number of aromatic nitrogens is 1. The number of methoxy groups -OCH3 is 1. The zero-order valence-electron chi connectivity index (χ0n) is 18.2. The number of nitrogens with zero attached hydrogens (tertiary/aromatic N) is 2. The molecule has 0 unspecified atom stereocenters. The Morgan fingerprint density at radius 1 is 0.909 bits per heavy atom. The van der Waals surface area contributed by atoms with Crippen molar-refractivity contribution in [1.82, 2.24) is 9.29 Å². The largest absolute Gasteiger partial charge is 0.493 e. The van der Waals surface area contributed by atoms with Crippen molar-refractivity contribution in [2.75, 3.05) is 20.2 Å². The molecule has 3 aromatic rings. The number of esters is 1.